The maximum atomic E-state index is 14.4. The fourth-order valence-corrected chi connectivity index (χ4v) is 2.98. The molecule has 1 fully saturated rings. The minimum atomic E-state index is -4.12. The Morgan fingerprint density at radius 2 is 1.77 bits per heavy atom. The molecular formula is C19H26F3NO3. The van der Waals surface area contributed by atoms with E-state index in [0.29, 0.717) is 0 Å². The number of benzene rings is 1. The van der Waals surface area contributed by atoms with Gasteiger partial charge in [-0.1, -0.05) is 19.1 Å². The number of carbonyl (C=O) groups excluding carboxylic acids is 1. The van der Waals surface area contributed by atoms with Crippen molar-refractivity contribution in [1.29, 1.82) is 0 Å². The third kappa shape index (κ3) is 5.13. The lowest BCUT2D eigenvalue weighted by Crippen LogP contribution is -2.37. The summed E-state index contributed by atoms with van der Waals surface area (Å²) < 4.78 is 51.9. The summed E-state index contributed by atoms with van der Waals surface area (Å²) in [4.78, 5) is 13.8. The number of esters is 1. The number of nitrogens with zero attached hydrogens (tertiary/aromatic N) is 1. The van der Waals surface area contributed by atoms with Crippen LogP contribution >= 0.6 is 0 Å². The molecule has 2 rings (SSSR count). The van der Waals surface area contributed by atoms with Gasteiger partial charge in [-0.2, -0.15) is 8.78 Å². The van der Waals surface area contributed by atoms with E-state index >= 15 is 0 Å². The van der Waals surface area contributed by atoms with Crippen molar-refractivity contribution in [2.24, 2.45) is 0 Å². The number of rotatable bonds is 8. The van der Waals surface area contributed by atoms with Crippen LogP contribution in [0.5, 0.6) is 0 Å². The van der Waals surface area contributed by atoms with E-state index in [0.717, 1.165) is 31.6 Å². The van der Waals surface area contributed by atoms with Crippen molar-refractivity contribution in [2.45, 2.75) is 57.9 Å². The summed E-state index contributed by atoms with van der Waals surface area (Å²) in [6.07, 6.45) is -4.96. The van der Waals surface area contributed by atoms with Crippen molar-refractivity contribution in [3.05, 3.63) is 29.8 Å². The smallest absolute Gasteiger partial charge is 0.391 e. The largest absolute Gasteiger partial charge is 0.464 e. The quantitative estimate of drug-likeness (QED) is 0.623. The van der Waals surface area contributed by atoms with Crippen LogP contribution in [0.25, 0.3) is 0 Å². The van der Waals surface area contributed by atoms with Crippen molar-refractivity contribution < 1.29 is 27.4 Å². The third-order valence-electron chi connectivity index (χ3n) is 4.42. The first-order valence-corrected chi connectivity index (χ1v) is 9.10. The van der Waals surface area contributed by atoms with Crippen LogP contribution in [0.4, 0.5) is 18.9 Å². The van der Waals surface area contributed by atoms with Gasteiger partial charge in [0.2, 0.25) is 6.17 Å². The predicted molar refractivity (Wildman–Crippen MR) is 93.1 cm³/mol. The first-order valence-electron chi connectivity index (χ1n) is 9.10. The van der Waals surface area contributed by atoms with Gasteiger partial charge in [0.1, 0.15) is 0 Å². The summed E-state index contributed by atoms with van der Waals surface area (Å²) in [5, 5.41) is 0. The number of hydrogen-bond acceptors (Lipinski definition) is 4. The normalized spacial score (nSPS) is 17.7. The fourth-order valence-electron chi connectivity index (χ4n) is 2.98. The minimum absolute atomic E-state index is 0.0327. The Bertz CT molecular complexity index is 574. The molecule has 1 aliphatic heterocycles. The van der Waals surface area contributed by atoms with Crippen LogP contribution in [0.15, 0.2) is 24.3 Å². The molecule has 0 radical (unpaired) electrons. The average Bonchev–Trinajstić information content (AvgIpc) is 2.66. The van der Waals surface area contributed by atoms with Gasteiger partial charge < -0.3 is 14.4 Å². The van der Waals surface area contributed by atoms with E-state index in [9.17, 15) is 18.0 Å². The Labute approximate surface area is 152 Å². The Kier molecular flexibility index (Phi) is 7.32. The van der Waals surface area contributed by atoms with Crippen LogP contribution < -0.4 is 4.90 Å². The molecule has 0 N–H and O–H groups in total. The molecule has 0 aromatic heterocycles. The summed E-state index contributed by atoms with van der Waals surface area (Å²) in [7, 11) is 0. The van der Waals surface area contributed by atoms with Gasteiger partial charge in [0.15, 0.2) is 6.10 Å². The van der Waals surface area contributed by atoms with Gasteiger partial charge in [0.25, 0.3) is 0 Å². The van der Waals surface area contributed by atoms with Crippen LogP contribution in [0.2, 0.25) is 0 Å². The van der Waals surface area contributed by atoms with Crippen LogP contribution in [0.1, 0.15) is 51.3 Å². The zero-order valence-corrected chi connectivity index (χ0v) is 15.2. The first kappa shape index (κ1) is 20.6. The fraction of sp³-hybridized carbons (Fsp3) is 0.632. The summed E-state index contributed by atoms with van der Waals surface area (Å²) >= 11 is 0. The van der Waals surface area contributed by atoms with Gasteiger partial charge in [-0.15, -0.1) is 0 Å². The molecule has 0 aliphatic carbocycles. The zero-order valence-electron chi connectivity index (χ0n) is 15.2. The first-order chi connectivity index (χ1) is 12.4. The molecule has 7 heteroatoms. The second kappa shape index (κ2) is 9.26. The summed E-state index contributed by atoms with van der Waals surface area (Å²) in [6, 6.07) is 5.98. The van der Waals surface area contributed by atoms with Crippen molar-refractivity contribution >= 4 is 11.7 Å². The van der Waals surface area contributed by atoms with Crippen LogP contribution in [0.3, 0.4) is 0 Å². The summed E-state index contributed by atoms with van der Waals surface area (Å²) in [5.74, 6) is -0.915. The molecule has 26 heavy (non-hydrogen) atoms. The number of alkyl halides is 3. The highest BCUT2D eigenvalue weighted by Crippen LogP contribution is 2.38. The monoisotopic (exact) mass is 373 g/mol. The van der Waals surface area contributed by atoms with Gasteiger partial charge >= 0.3 is 12.1 Å². The molecule has 1 aliphatic rings. The third-order valence-corrected chi connectivity index (χ3v) is 4.42. The molecule has 0 amide bonds. The molecule has 2 atom stereocenters. The topological polar surface area (TPSA) is 38.8 Å². The highest BCUT2D eigenvalue weighted by Gasteiger charge is 2.46. The van der Waals surface area contributed by atoms with Crippen LogP contribution in [-0.2, 0) is 14.3 Å². The van der Waals surface area contributed by atoms with Crippen LogP contribution in [-0.4, -0.2) is 37.9 Å². The molecule has 146 valence electrons. The van der Waals surface area contributed by atoms with Gasteiger partial charge in [0.05, 0.1) is 6.61 Å². The Hall–Kier alpha value is -1.76. The highest BCUT2D eigenvalue weighted by molar-refractivity contribution is 5.74. The Balaban J connectivity index is 2.05. The lowest BCUT2D eigenvalue weighted by atomic mass is 10.1. The number of piperidine rings is 1. The van der Waals surface area contributed by atoms with E-state index in [4.69, 9.17) is 0 Å². The molecule has 4 nitrogen and oxygen atoms in total. The summed E-state index contributed by atoms with van der Waals surface area (Å²) in [6.45, 7) is 4.93. The van der Waals surface area contributed by atoms with E-state index in [1.54, 1.807) is 19.1 Å². The van der Waals surface area contributed by atoms with E-state index in [1.807, 2.05) is 0 Å². The standard InChI is InChI=1S/C19H26F3NO3/c1-3-16(18(24)25-4-2)26-19(21,22)17(20)14-8-10-15(11-9-14)23-12-6-5-7-13-23/h8-11,16-17H,3-7,12-13H2,1-2H3. The summed E-state index contributed by atoms with van der Waals surface area (Å²) in [5.41, 5.74) is 0.706. The maximum Gasteiger partial charge on any atom is 0.391 e. The number of hydrogen-bond donors (Lipinski definition) is 0. The lowest BCUT2D eigenvalue weighted by Gasteiger charge is -2.29. The predicted octanol–water partition coefficient (Wildman–Crippen LogP) is 4.64. The highest BCUT2D eigenvalue weighted by atomic mass is 19.3. The second-order valence-electron chi connectivity index (χ2n) is 6.33. The molecule has 0 spiro atoms. The van der Waals surface area contributed by atoms with Gasteiger partial charge in [0, 0.05) is 18.8 Å². The maximum absolute atomic E-state index is 14.4. The van der Waals surface area contributed by atoms with Crippen molar-refractivity contribution in [3.8, 4) is 0 Å². The zero-order chi connectivity index (χ0) is 19.2. The van der Waals surface area contributed by atoms with Crippen molar-refractivity contribution in [2.75, 3.05) is 24.6 Å². The van der Waals surface area contributed by atoms with E-state index < -0.39 is 24.4 Å². The van der Waals surface area contributed by atoms with Crippen molar-refractivity contribution in [3.63, 3.8) is 0 Å². The SMILES string of the molecule is CCOC(=O)C(CC)OC(F)(F)C(F)c1ccc(N2CCCCC2)cc1. The number of carbonyl (C=O) groups is 1. The number of ether oxygens (including phenoxy) is 2. The van der Waals surface area contributed by atoms with E-state index in [-0.39, 0.29) is 18.6 Å². The number of anilines is 1. The number of halogens is 3. The molecule has 1 aromatic carbocycles. The molecule has 1 saturated heterocycles. The Morgan fingerprint density at radius 1 is 1.15 bits per heavy atom. The van der Waals surface area contributed by atoms with Crippen molar-refractivity contribution in [1.82, 2.24) is 0 Å². The second-order valence-corrected chi connectivity index (χ2v) is 6.33. The van der Waals surface area contributed by atoms with E-state index in [1.165, 1.54) is 25.5 Å². The average molecular weight is 373 g/mol. The van der Waals surface area contributed by atoms with Gasteiger partial charge in [-0.05, 0) is 50.3 Å². The molecule has 1 aromatic rings. The minimum Gasteiger partial charge on any atom is -0.464 e. The molecule has 1 heterocycles. The van der Waals surface area contributed by atoms with Crippen LogP contribution in [0, 0.1) is 0 Å². The molecule has 2 unspecified atom stereocenters. The van der Waals surface area contributed by atoms with E-state index in [2.05, 4.69) is 14.4 Å². The van der Waals surface area contributed by atoms with Gasteiger partial charge in [-0.25, -0.2) is 9.18 Å². The molecular weight excluding hydrogens is 347 g/mol. The molecule has 0 saturated carbocycles. The Morgan fingerprint density at radius 3 is 2.31 bits per heavy atom. The lowest BCUT2D eigenvalue weighted by molar-refractivity contribution is -0.295. The van der Waals surface area contributed by atoms with Gasteiger partial charge in [-0.3, -0.25) is 0 Å². The molecule has 0 bridgehead atoms.